The molecule has 11 heteroatoms. The van der Waals surface area contributed by atoms with Crippen molar-refractivity contribution in [2.24, 2.45) is 0 Å². The molecule has 0 aliphatic carbocycles. The number of nitro groups is 1. The zero-order valence-electron chi connectivity index (χ0n) is 13.9. The fourth-order valence-corrected chi connectivity index (χ4v) is 2.80. The summed E-state index contributed by atoms with van der Waals surface area (Å²) in [5.74, 6) is -0.130. The average Bonchev–Trinajstić information content (AvgIpc) is 3.25. The third kappa shape index (κ3) is 5.05. The van der Waals surface area contributed by atoms with Crippen LogP contribution >= 0.6 is 23.2 Å². The van der Waals surface area contributed by atoms with Crippen LogP contribution in [-0.4, -0.2) is 30.4 Å². The molecule has 0 spiro atoms. The minimum Gasteiger partial charge on any atom is -0.358 e. The summed E-state index contributed by atoms with van der Waals surface area (Å²) in [6.07, 6.45) is 3.28. The molecule has 1 amide bonds. The van der Waals surface area contributed by atoms with E-state index in [9.17, 15) is 14.9 Å². The van der Waals surface area contributed by atoms with Crippen LogP contribution < -0.4 is 5.32 Å². The van der Waals surface area contributed by atoms with Gasteiger partial charge < -0.3 is 15.4 Å². The van der Waals surface area contributed by atoms with Crippen molar-refractivity contribution in [1.29, 1.82) is 0 Å². The molecule has 0 aliphatic heterocycles. The minimum atomic E-state index is -0.587. The maximum absolute atomic E-state index is 12.0. The number of amides is 1. The SMILES string of the molecule is O=C(CCn1ccc([N+](=O)[O-])n1)Nc1ccn(Cc2ccc(Cl)cc2Cl)n1. The summed E-state index contributed by atoms with van der Waals surface area (Å²) < 4.78 is 2.99. The molecule has 2 aromatic heterocycles. The lowest BCUT2D eigenvalue weighted by Crippen LogP contribution is -2.15. The van der Waals surface area contributed by atoms with Crippen LogP contribution in [0.5, 0.6) is 0 Å². The molecule has 27 heavy (non-hydrogen) atoms. The van der Waals surface area contributed by atoms with E-state index in [1.165, 1.54) is 16.9 Å². The lowest BCUT2D eigenvalue weighted by atomic mass is 10.2. The maximum atomic E-state index is 12.0. The van der Waals surface area contributed by atoms with Crippen LogP contribution in [0.1, 0.15) is 12.0 Å². The molecule has 1 N–H and O–H groups in total. The van der Waals surface area contributed by atoms with Crippen LogP contribution in [0.15, 0.2) is 42.7 Å². The molecule has 0 aliphatic rings. The number of rotatable bonds is 7. The van der Waals surface area contributed by atoms with Crippen molar-refractivity contribution in [1.82, 2.24) is 19.6 Å². The molecular weight excluding hydrogens is 395 g/mol. The second-order valence-electron chi connectivity index (χ2n) is 5.63. The molecule has 1 aromatic carbocycles. The van der Waals surface area contributed by atoms with Crippen LogP contribution in [0.4, 0.5) is 11.6 Å². The Morgan fingerprint density at radius 2 is 1.93 bits per heavy atom. The Balaban J connectivity index is 1.53. The van der Waals surface area contributed by atoms with E-state index >= 15 is 0 Å². The molecule has 3 aromatic rings. The molecule has 9 nitrogen and oxygen atoms in total. The molecule has 0 atom stereocenters. The first-order chi connectivity index (χ1) is 12.9. The summed E-state index contributed by atoms with van der Waals surface area (Å²) in [5.41, 5.74) is 0.849. The van der Waals surface area contributed by atoms with Gasteiger partial charge in [0.2, 0.25) is 5.91 Å². The number of aryl methyl sites for hydroxylation is 1. The van der Waals surface area contributed by atoms with Gasteiger partial charge >= 0.3 is 5.82 Å². The Morgan fingerprint density at radius 3 is 2.63 bits per heavy atom. The first-order valence-corrected chi connectivity index (χ1v) is 8.61. The number of hydrogen-bond acceptors (Lipinski definition) is 5. The van der Waals surface area contributed by atoms with E-state index < -0.39 is 4.92 Å². The number of aromatic nitrogens is 4. The molecular formula is C16H14Cl2N6O3. The van der Waals surface area contributed by atoms with Crippen LogP contribution in [0, 0.1) is 10.1 Å². The Labute approximate surface area is 163 Å². The molecule has 0 fully saturated rings. The average molecular weight is 409 g/mol. The summed E-state index contributed by atoms with van der Waals surface area (Å²) in [7, 11) is 0. The lowest BCUT2D eigenvalue weighted by Gasteiger charge is -2.05. The zero-order chi connectivity index (χ0) is 19.4. The van der Waals surface area contributed by atoms with E-state index in [2.05, 4.69) is 15.5 Å². The highest BCUT2D eigenvalue weighted by Gasteiger charge is 2.12. The number of nitrogens with one attached hydrogen (secondary N) is 1. The van der Waals surface area contributed by atoms with Gasteiger partial charge in [0.05, 0.1) is 30.5 Å². The molecule has 0 unspecified atom stereocenters. The van der Waals surface area contributed by atoms with Gasteiger partial charge in [-0.15, -0.1) is 0 Å². The second kappa shape index (κ2) is 8.19. The molecule has 3 rings (SSSR count). The fraction of sp³-hybridized carbons (Fsp3) is 0.188. The quantitative estimate of drug-likeness (QED) is 0.476. The van der Waals surface area contributed by atoms with Crippen molar-refractivity contribution >= 4 is 40.7 Å². The predicted molar refractivity (Wildman–Crippen MR) is 99.9 cm³/mol. The minimum absolute atomic E-state index is 0.106. The van der Waals surface area contributed by atoms with Crippen LogP contribution in [0.2, 0.25) is 10.0 Å². The number of carbonyl (C=O) groups excluding carboxylic acids is 1. The van der Waals surface area contributed by atoms with Gasteiger partial charge in [-0.2, -0.15) is 9.78 Å². The molecule has 0 bridgehead atoms. The number of anilines is 1. The van der Waals surface area contributed by atoms with Crippen molar-refractivity contribution < 1.29 is 9.72 Å². The second-order valence-corrected chi connectivity index (χ2v) is 6.47. The van der Waals surface area contributed by atoms with Crippen molar-refractivity contribution in [3.8, 4) is 0 Å². The highest BCUT2D eigenvalue weighted by molar-refractivity contribution is 6.35. The molecule has 140 valence electrons. The Morgan fingerprint density at radius 1 is 1.15 bits per heavy atom. The monoisotopic (exact) mass is 408 g/mol. The van der Waals surface area contributed by atoms with E-state index in [0.717, 1.165) is 5.56 Å². The van der Waals surface area contributed by atoms with E-state index in [-0.39, 0.29) is 24.7 Å². The molecule has 2 heterocycles. The summed E-state index contributed by atoms with van der Waals surface area (Å²) in [6.45, 7) is 0.656. The van der Waals surface area contributed by atoms with Gasteiger partial charge in [-0.25, -0.2) is 0 Å². The fourth-order valence-electron chi connectivity index (χ4n) is 2.34. The van der Waals surface area contributed by atoms with Crippen molar-refractivity contribution in [2.45, 2.75) is 19.5 Å². The van der Waals surface area contributed by atoms with Gasteiger partial charge in [-0.3, -0.25) is 9.48 Å². The Hall–Kier alpha value is -2.91. The van der Waals surface area contributed by atoms with Gasteiger partial charge in [0.15, 0.2) is 5.82 Å². The highest BCUT2D eigenvalue weighted by atomic mass is 35.5. The molecule has 0 saturated heterocycles. The van der Waals surface area contributed by atoms with Crippen LogP contribution in [0.3, 0.4) is 0 Å². The third-order valence-corrected chi connectivity index (χ3v) is 4.22. The zero-order valence-corrected chi connectivity index (χ0v) is 15.4. The van der Waals surface area contributed by atoms with Gasteiger partial charge in [0.25, 0.3) is 0 Å². The van der Waals surface area contributed by atoms with Gasteiger partial charge in [0.1, 0.15) is 0 Å². The summed E-state index contributed by atoms with van der Waals surface area (Å²) in [6, 6.07) is 8.16. The van der Waals surface area contributed by atoms with Crippen molar-refractivity contribution in [2.75, 3.05) is 5.32 Å². The van der Waals surface area contributed by atoms with E-state index in [1.54, 1.807) is 29.1 Å². The van der Waals surface area contributed by atoms with Crippen molar-refractivity contribution in [3.63, 3.8) is 0 Å². The largest absolute Gasteiger partial charge is 0.389 e. The van der Waals surface area contributed by atoms with Gasteiger partial charge in [-0.05, 0) is 22.6 Å². The first-order valence-electron chi connectivity index (χ1n) is 7.86. The smallest absolute Gasteiger partial charge is 0.358 e. The van der Waals surface area contributed by atoms with Gasteiger partial charge in [-0.1, -0.05) is 29.3 Å². The number of nitrogens with zero attached hydrogens (tertiary/aromatic N) is 5. The molecule has 0 radical (unpaired) electrons. The van der Waals surface area contributed by atoms with E-state index in [0.29, 0.717) is 22.4 Å². The topological polar surface area (TPSA) is 108 Å². The first kappa shape index (κ1) is 18.9. The van der Waals surface area contributed by atoms with E-state index in [1.807, 2.05) is 6.07 Å². The number of carbonyl (C=O) groups is 1. The standard InChI is InChI=1S/C16H14Cl2N6O3/c17-12-2-1-11(13(18)9-12)10-23-6-3-14(20-23)19-16(25)5-8-22-7-4-15(21-22)24(26)27/h1-4,6-7,9H,5,8,10H2,(H,19,20,25). The predicted octanol–water partition coefficient (Wildman–Crippen LogP) is 3.37. The van der Waals surface area contributed by atoms with Crippen molar-refractivity contribution in [3.05, 3.63) is 68.4 Å². The Kier molecular flexibility index (Phi) is 5.72. The number of benzene rings is 1. The van der Waals surface area contributed by atoms with Crippen LogP contribution in [-0.2, 0) is 17.9 Å². The maximum Gasteiger partial charge on any atom is 0.389 e. The summed E-state index contributed by atoms with van der Waals surface area (Å²) in [4.78, 5) is 22.0. The highest BCUT2D eigenvalue weighted by Crippen LogP contribution is 2.21. The molecule has 0 saturated carbocycles. The number of hydrogen-bond donors (Lipinski definition) is 1. The Bertz CT molecular complexity index is 984. The van der Waals surface area contributed by atoms with Crippen LogP contribution in [0.25, 0.3) is 0 Å². The third-order valence-electron chi connectivity index (χ3n) is 3.64. The van der Waals surface area contributed by atoms with E-state index in [4.69, 9.17) is 23.2 Å². The van der Waals surface area contributed by atoms with Gasteiger partial charge in [0, 0.05) is 28.7 Å². The summed E-state index contributed by atoms with van der Waals surface area (Å²) >= 11 is 12.0. The number of halogens is 2. The normalized spacial score (nSPS) is 10.7. The lowest BCUT2D eigenvalue weighted by molar-refractivity contribution is -0.389. The summed E-state index contributed by atoms with van der Waals surface area (Å²) in [5, 5.41) is 22.4.